The van der Waals surface area contributed by atoms with E-state index in [4.69, 9.17) is 11.6 Å². The SMILES string of the molecule is CCc1cccc(N2CCN(c3ccc(Cl)nn3)CC2)c1. The molecule has 2 heterocycles. The van der Waals surface area contributed by atoms with Crippen LogP contribution in [-0.4, -0.2) is 36.4 Å². The molecule has 4 nitrogen and oxygen atoms in total. The van der Waals surface area contributed by atoms with Crippen molar-refractivity contribution < 1.29 is 0 Å². The second kappa shape index (κ2) is 6.31. The summed E-state index contributed by atoms with van der Waals surface area (Å²) in [5, 5.41) is 8.51. The first kappa shape index (κ1) is 14.1. The molecule has 1 aliphatic rings. The minimum absolute atomic E-state index is 0.439. The van der Waals surface area contributed by atoms with Gasteiger partial charge < -0.3 is 9.80 Å². The van der Waals surface area contributed by atoms with E-state index in [0.717, 1.165) is 38.4 Å². The molecule has 1 saturated heterocycles. The molecular formula is C16H19ClN4. The molecule has 21 heavy (non-hydrogen) atoms. The first-order valence-corrected chi connectivity index (χ1v) is 7.72. The molecule has 110 valence electrons. The topological polar surface area (TPSA) is 32.3 Å². The van der Waals surface area contributed by atoms with Crippen LogP contribution in [-0.2, 0) is 6.42 Å². The molecule has 0 amide bonds. The highest BCUT2D eigenvalue weighted by atomic mass is 35.5. The Hall–Kier alpha value is -1.81. The van der Waals surface area contributed by atoms with Gasteiger partial charge in [0.2, 0.25) is 0 Å². The van der Waals surface area contributed by atoms with Gasteiger partial charge in [0, 0.05) is 31.9 Å². The largest absolute Gasteiger partial charge is 0.368 e. The lowest BCUT2D eigenvalue weighted by Crippen LogP contribution is -2.46. The van der Waals surface area contributed by atoms with Gasteiger partial charge in [-0.3, -0.25) is 0 Å². The predicted octanol–water partition coefficient (Wildman–Crippen LogP) is 3.02. The number of rotatable bonds is 3. The molecule has 1 fully saturated rings. The van der Waals surface area contributed by atoms with Gasteiger partial charge in [0.15, 0.2) is 11.0 Å². The van der Waals surface area contributed by atoms with Crippen LogP contribution in [0, 0.1) is 0 Å². The highest BCUT2D eigenvalue weighted by molar-refractivity contribution is 6.29. The quantitative estimate of drug-likeness (QED) is 0.872. The first-order valence-electron chi connectivity index (χ1n) is 7.34. The number of anilines is 2. The van der Waals surface area contributed by atoms with E-state index in [2.05, 4.69) is 51.2 Å². The standard InChI is InChI=1S/C16H19ClN4/c1-2-13-4-3-5-14(12-13)20-8-10-21(11-9-20)16-7-6-15(17)18-19-16/h3-7,12H,2,8-11H2,1H3. The first-order chi connectivity index (χ1) is 10.3. The second-order valence-electron chi connectivity index (χ2n) is 5.21. The molecule has 1 aliphatic heterocycles. The van der Waals surface area contributed by atoms with Crippen molar-refractivity contribution in [2.24, 2.45) is 0 Å². The van der Waals surface area contributed by atoms with E-state index >= 15 is 0 Å². The third kappa shape index (κ3) is 3.27. The zero-order chi connectivity index (χ0) is 14.7. The minimum Gasteiger partial charge on any atom is -0.368 e. The van der Waals surface area contributed by atoms with E-state index in [1.165, 1.54) is 11.3 Å². The van der Waals surface area contributed by atoms with Gasteiger partial charge in [-0.25, -0.2) is 0 Å². The van der Waals surface area contributed by atoms with Crippen LogP contribution in [0.25, 0.3) is 0 Å². The lowest BCUT2D eigenvalue weighted by Gasteiger charge is -2.36. The fraction of sp³-hybridized carbons (Fsp3) is 0.375. The lowest BCUT2D eigenvalue weighted by atomic mass is 10.1. The van der Waals surface area contributed by atoms with Crippen molar-refractivity contribution in [1.29, 1.82) is 0 Å². The van der Waals surface area contributed by atoms with Gasteiger partial charge in [-0.1, -0.05) is 30.7 Å². The molecule has 1 aromatic heterocycles. The lowest BCUT2D eigenvalue weighted by molar-refractivity contribution is 0.643. The minimum atomic E-state index is 0.439. The van der Waals surface area contributed by atoms with E-state index < -0.39 is 0 Å². The van der Waals surface area contributed by atoms with Crippen LogP contribution in [0.15, 0.2) is 36.4 Å². The maximum absolute atomic E-state index is 5.78. The van der Waals surface area contributed by atoms with E-state index in [-0.39, 0.29) is 0 Å². The highest BCUT2D eigenvalue weighted by Gasteiger charge is 2.18. The monoisotopic (exact) mass is 302 g/mol. The van der Waals surface area contributed by atoms with Crippen LogP contribution in [0.2, 0.25) is 5.15 Å². The molecule has 2 aromatic rings. The summed E-state index contributed by atoms with van der Waals surface area (Å²) in [6.45, 7) is 6.09. The average molecular weight is 303 g/mol. The van der Waals surface area contributed by atoms with E-state index in [1.54, 1.807) is 6.07 Å². The summed E-state index contributed by atoms with van der Waals surface area (Å²) in [4.78, 5) is 4.68. The van der Waals surface area contributed by atoms with Crippen molar-refractivity contribution in [2.45, 2.75) is 13.3 Å². The Morgan fingerprint density at radius 1 is 1.00 bits per heavy atom. The Morgan fingerprint density at radius 3 is 2.43 bits per heavy atom. The summed E-state index contributed by atoms with van der Waals surface area (Å²) in [6, 6.07) is 12.5. The van der Waals surface area contributed by atoms with Crippen LogP contribution in [0.4, 0.5) is 11.5 Å². The number of hydrogen-bond donors (Lipinski definition) is 0. The van der Waals surface area contributed by atoms with Gasteiger partial charge >= 0.3 is 0 Å². The van der Waals surface area contributed by atoms with Crippen molar-refractivity contribution in [1.82, 2.24) is 10.2 Å². The Bertz CT molecular complexity index is 591. The Kier molecular flexibility index (Phi) is 4.25. The average Bonchev–Trinajstić information content (AvgIpc) is 2.56. The third-order valence-electron chi connectivity index (χ3n) is 3.91. The molecule has 0 bridgehead atoms. The van der Waals surface area contributed by atoms with Gasteiger partial charge in [-0.15, -0.1) is 10.2 Å². The second-order valence-corrected chi connectivity index (χ2v) is 5.60. The van der Waals surface area contributed by atoms with Crippen molar-refractivity contribution >= 4 is 23.1 Å². The fourth-order valence-electron chi connectivity index (χ4n) is 2.64. The number of piperazine rings is 1. The third-order valence-corrected chi connectivity index (χ3v) is 4.11. The van der Waals surface area contributed by atoms with Gasteiger partial charge in [0.1, 0.15) is 0 Å². The molecule has 0 N–H and O–H groups in total. The maximum atomic E-state index is 5.78. The molecule has 0 unspecified atom stereocenters. The summed E-state index contributed by atoms with van der Waals surface area (Å²) in [6.07, 6.45) is 1.08. The maximum Gasteiger partial charge on any atom is 0.151 e. The zero-order valence-electron chi connectivity index (χ0n) is 12.2. The molecule has 0 radical (unpaired) electrons. The van der Waals surface area contributed by atoms with Crippen LogP contribution in [0.1, 0.15) is 12.5 Å². The fourth-order valence-corrected chi connectivity index (χ4v) is 2.75. The predicted molar refractivity (Wildman–Crippen MR) is 87.3 cm³/mol. The van der Waals surface area contributed by atoms with Gasteiger partial charge in [0.25, 0.3) is 0 Å². The summed E-state index contributed by atoms with van der Waals surface area (Å²) < 4.78 is 0. The number of nitrogens with zero attached hydrogens (tertiary/aromatic N) is 4. The summed E-state index contributed by atoms with van der Waals surface area (Å²) in [7, 11) is 0. The summed E-state index contributed by atoms with van der Waals surface area (Å²) in [5.41, 5.74) is 2.70. The van der Waals surface area contributed by atoms with Gasteiger partial charge in [-0.05, 0) is 36.2 Å². The van der Waals surface area contributed by atoms with Crippen LogP contribution in [0.3, 0.4) is 0 Å². The van der Waals surface area contributed by atoms with Crippen molar-refractivity contribution in [2.75, 3.05) is 36.0 Å². The van der Waals surface area contributed by atoms with Crippen molar-refractivity contribution in [3.63, 3.8) is 0 Å². The number of halogens is 1. The van der Waals surface area contributed by atoms with Crippen molar-refractivity contribution in [3.05, 3.63) is 47.1 Å². The molecule has 3 rings (SSSR count). The number of hydrogen-bond acceptors (Lipinski definition) is 4. The highest BCUT2D eigenvalue weighted by Crippen LogP contribution is 2.20. The normalized spacial score (nSPS) is 15.3. The number of aromatic nitrogens is 2. The van der Waals surface area contributed by atoms with E-state index in [1.807, 2.05) is 6.07 Å². The molecule has 0 saturated carbocycles. The van der Waals surface area contributed by atoms with Crippen LogP contribution < -0.4 is 9.80 Å². The summed E-state index contributed by atoms with van der Waals surface area (Å²) in [5.74, 6) is 0.904. The molecule has 1 aromatic carbocycles. The Labute approximate surface area is 130 Å². The molecule has 5 heteroatoms. The van der Waals surface area contributed by atoms with Gasteiger partial charge in [0.05, 0.1) is 0 Å². The number of benzene rings is 1. The van der Waals surface area contributed by atoms with Crippen LogP contribution in [0.5, 0.6) is 0 Å². The van der Waals surface area contributed by atoms with Crippen molar-refractivity contribution in [3.8, 4) is 0 Å². The van der Waals surface area contributed by atoms with E-state index in [0.29, 0.717) is 5.15 Å². The summed E-state index contributed by atoms with van der Waals surface area (Å²) >= 11 is 5.78. The molecule has 0 atom stereocenters. The molecule has 0 spiro atoms. The smallest absolute Gasteiger partial charge is 0.151 e. The van der Waals surface area contributed by atoms with Crippen LogP contribution >= 0.6 is 11.6 Å². The number of aryl methyl sites for hydroxylation is 1. The molecule has 0 aliphatic carbocycles. The van der Waals surface area contributed by atoms with E-state index in [9.17, 15) is 0 Å². The Morgan fingerprint density at radius 2 is 1.76 bits per heavy atom. The molecular weight excluding hydrogens is 284 g/mol. The Balaban J connectivity index is 1.65. The zero-order valence-corrected chi connectivity index (χ0v) is 12.9. The van der Waals surface area contributed by atoms with Gasteiger partial charge in [-0.2, -0.15) is 0 Å².